The summed E-state index contributed by atoms with van der Waals surface area (Å²) in [6, 6.07) is -0.822. The summed E-state index contributed by atoms with van der Waals surface area (Å²) in [5.41, 5.74) is 0. The van der Waals surface area contributed by atoms with E-state index in [9.17, 15) is 20.1 Å². The molecule has 0 heterocycles. The molecule has 0 rings (SSSR count). The van der Waals surface area contributed by atoms with Gasteiger partial charge in [0.15, 0.2) is 0 Å². The summed E-state index contributed by atoms with van der Waals surface area (Å²) in [6.07, 6.45) is 51.4. The van der Waals surface area contributed by atoms with E-state index in [1.807, 2.05) is 13.0 Å². The highest BCUT2D eigenvalue weighted by molar-refractivity contribution is 5.80. The summed E-state index contributed by atoms with van der Waals surface area (Å²) in [4.78, 5) is 12.4. The molecule has 0 saturated carbocycles. The molecule has 0 aliphatic carbocycles. The first kappa shape index (κ1) is 47.0. The van der Waals surface area contributed by atoms with Crippen molar-refractivity contribution in [3.8, 4) is 0 Å². The lowest BCUT2D eigenvalue weighted by molar-refractivity contribution is -0.131. The lowest BCUT2D eigenvalue weighted by atomic mass is 10.0. The van der Waals surface area contributed by atoms with E-state index in [4.69, 9.17) is 0 Å². The van der Waals surface area contributed by atoms with Crippen LogP contribution in [0.25, 0.3) is 0 Å². The maximum atomic E-state index is 12.4. The van der Waals surface area contributed by atoms with Crippen LogP contribution >= 0.6 is 0 Å². The van der Waals surface area contributed by atoms with Gasteiger partial charge in [-0.05, 0) is 71.1 Å². The highest BCUT2D eigenvalue weighted by atomic mass is 16.3. The van der Waals surface area contributed by atoms with Crippen molar-refractivity contribution in [2.24, 2.45) is 0 Å². The van der Waals surface area contributed by atoms with Gasteiger partial charge in [0.2, 0.25) is 5.91 Å². The molecule has 0 aromatic heterocycles. The minimum Gasteiger partial charge on any atom is -0.394 e. The minimum atomic E-state index is -1.11. The fraction of sp³-hybridized carbons (Fsp3) is 0.750. The monoisotopic (exact) mass is 686 g/mol. The van der Waals surface area contributed by atoms with Gasteiger partial charge in [-0.15, -0.1) is 0 Å². The number of carbonyl (C=O) groups is 1. The molecule has 4 N–H and O–H groups in total. The topological polar surface area (TPSA) is 89.8 Å². The van der Waals surface area contributed by atoms with Gasteiger partial charge in [0.25, 0.3) is 0 Å². The van der Waals surface area contributed by atoms with Gasteiger partial charge >= 0.3 is 0 Å². The van der Waals surface area contributed by atoms with E-state index in [1.54, 1.807) is 6.08 Å². The van der Waals surface area contributed by atoms with Gasteiger partial charge in [-0.3, -0.25) is 4.79 Å². The van der Waals surface area contributed by atoms with Crippen LogP contribution in [0.1, 0.15) is 187 Å². The zero-order chi connectivity index (χ0) is 35.9. The summed E-state index contributed by atoms with van der Waals surface area (Å²) in [6.45, 7) is 3.92. The Morgan fingerprint density at radius 2 is 0.980 bits per heavy atom. The predicted octanol–water partition coefficient (Wildman–Crippen LogP) is 11.5. The molecule has 3 unspecified atom stereocenters. The van der Waals surface area contributed by atoms with E-state index < -0.39 is 24.2 Å². The van der Waals surface area contributed by atoms with Crippen molar-refractivity contribution < 1.29 is 20.1 Å². The van der Waals surface area contributed by atoms with Crippen molar-refractivity contribution in [3.05, 3.63) is 60.8 Å². The molecule has 0 saturated heterocycles. The Balaban J connectivity index is 3.64. The van der Waals surface area contributed by atoms with Crippen molar-refractivity contribution >= 4 is 5.91 Å². The van der Waals surface area contributed by atoms with Crippen LogP contribution < -0.4 is 5.32 Å². The maximum absolute atomic E-state index is 12.4. The van der Waals surface area contributed by atoms with Crippen molar-refractivity contribution in [1.29, 1.82) is 0 Å². The van der Waals surface area contributed by atoms with Crippen LogP contribution in [0.15, 0.2) is 60.8 Å². The van der Waals surface area contributed by atoms with Crippen LogP contribution in [-0.2, 0) is 4.79 Å². The van der Waals surface area contributed by atoms with E-state index >= 15 is 0 Å². The van der Waals surface area contributed by atoms with Gasteiger partial charge in [-0.2, -0.15) is 0 Å². The number of allylic oxidation sites excluding steroid dienone is 9. The zero-order valence-corrected chi connectivity index (χ0v) is 32.1. The number of unbranched alkanes of at least 4 members (excludes halogenated alkanes) is 21. The molecule has 0 aromatic carbocycles. The van der Waals surface area contributed by atoms with Crippen LogP contribution in [-0.4, -0.2) is 46.1 Å². The van der Waals surface area contributed by atoms with Gasteiger partial charge in [-0.1, -0.05) is 177 Å². The molecule has 0 aliphatic heterocycles. The van der Waals surface area contributed by atoms with Crippen LogP contribution in [0.4, 0.5) is 0 Å². The standard InChI is InChI=1S/C44H79NO4/c1-3-5-7-9-11-13-14-15-16-17-18-19-20-21-22-23-24-25-26-27-28-29-31-33-35-37-39-43(48)44(49)45-41(40-46)42(47)38-36-34-32-30-12-10-8-6-4-2/h4,6,12,18-19,21-22,30,36,38,41-43,46-48H,3,5,7-11,13-17,20,23-29,31-35,37,39-40H2,1-2H3,(H,45,49)/b6-4+,19-18-,22-21-,30-12+,38-36+. The molecule has 0 radical (unpaired) electrons. The molecule has 0 aromatic rings. The first-order valence-corrected chi connectivity index (χ1v) is 20.6. The molecule has 3 atom stereocenters. The normalized spacial score (nSPS) is 14.3. The third-order valence-electron chi connectivity index (χ3n) is 9.15. The largest absolute Gasteiger partial charge is 0.394 e. The number of aliphatic hydroxyl groups is 3. The average molecular weight is 686 g/mol. The van der Waals surface area contributed by atoms with Crippen LogP contribution in [0.3, 0.4) is 0 Å². The number of nitrogens with one attached hydrogen (secondary N) is 1. The number of amides is 1. The second-order valence-electron chi connectivity index (χ2n) is 13.8. The Hall–Kier alpha value is -1.95. The number of hydrogen-bond donors (Lipinski definition) is 4. The zero-order valence-electron chi connectivity index (χ0n) is 32.1. The summed E-state index contributed by atoms with van der Waals surface area (Å²) < 4.78 is 0. The van der Waals surface area contributed by atoms with Gasteiger partial charge < -0.3 is 20.6 Å². The van der Waals surface area contributed by atoms with E-state index in [-0.39, 0.29) is 6.61 Å². The third-order valence-corrected chi connectivity index (χ3v) is 9.15. The van der Waals surface area contributed by atoms with Gasteiger partial charge in [0.1, 0.15) is 6.10 Å². The molecule has 5 nitrogen and oxygen atoms in total. The lowest BCUT2D eigenvalue weighted by Crippen LogP contribution is -2.48. The van der Waals surface area contributed by atoms with E-state index in [0.29, 0.717) is 6.42 Å². The fourth-order valence-corrected chi connectivity index (χ4v) is 5.90. The molecule has 0 bridgehead atoms. The molecular formula is C44H79NO4. The van der Waals surface area contributed by atoms with E-state index in [0.717, 1.165) is 51.4 Å². The Kier molecular flexibility index (Phi) is 37.3. The first-order chi connectivity index (χ1) is 24.1. The van der Waals surface area contributed by atoms with Gasteiger partial charge in [-0.25, -0.2) is 0 Å². The first-order valence-electron chi connectivity index (χ1n) is 20.6. The van der Waals surface area contributed by atoms with Crippen molar-refractivity contribution in [2.45, 2.75) is 205 Å². The highest BCUT2D eigenvalue weighted by Crippen LogP contribution is 2.14. The smallest absolute Gasteiger partial charge is 0.249 e. The van der Waals surface area contributed by atoms with Crippen LogP contribution in [0.2, 0.25) is 0 Å². The lowest BCUT2D eigenvalue weighted by Gasteiger charge is -2.21. The fourth-order valence-electron chi connectivity index (χ4n) is 5.90. The van der Waals surface area contributed by atoms with Crippen LogP contribution in [0, 0.1) is 0 Å². The number of carbonyl (C=O) groups excluding carboxylic acids is 1. The second-order valence-corrected chi connectivity index (χ2v) is 13.8. The number of rotatable bonds is 36. The SMILES string of the molecule is C/C=C/CC/C=C/CC/C=C/C(O)C(CO)NC(=O)C(O)CCCCCCCCCCCC/C=C\C/C=C\CCCCCCCCCCC. The summed E-state index contributed by atoms with van der Waals surface area (Å²) in [5, 5.41) is 32.9. The third kappa shape index (κ3) is 34.3. The molecule has 0 aliphatic rings. The molecule has 0 spiro atoms. The van der Waals surface area contributed by atoms with Crippen molar-refractivity contribution in [2.75, 3.05) is 6.61 Å². The minimum absolute atomic E-state index is 0.386. The Bertz CT molecular complexity index is 846. The Morgan fingerprint density at radius 3 is 1.47 bits per heavy atom. The molecule has 49 heavy (non-hydrogen) atoms. The van der Waals surface area contributed by atoms with E-state index in [2.05, 4.69) is 60.8 Å². The summed E-state index contributed by atoms with van der Waals surface area (Å²) in [5.74, 6) is -0.525. The average Bonchev–Trinajstić information content (AvgIpc) is 3.11. The molecular weight excluding hydrogens is 606 g/mol. The molecule has 1 amide bonds. The number of aliphatic hydroxyl groups excluding tert-OH is 3. The quantitative estimate of drug-likeness (QED) is 0.0390. The van der Waals surface area contributed by atoms with Crippen molar-refractivity contribution in [1.82, 2.24) is 5.32 Å². The Morgan fingerprint density at radius 1 is 0.551 bits per heavy atom. The number of hydrogen-bond acceptors (Lipinski definition) is 4. The second kappa shape index (κ2) is 38.8. The Labute approximate surface area is 303 Å². The predicted molar refractivity (Wildman–Crippen MR) is 213 cm³/mol. The molecule has 5 heteroatoms. The van der Waals surface area contributed by atoms with E-state index in [1.165, 1.54) is 116 Å². The summed E-state index contributed by atoms with van der Waals surface area (Å²) in [7, 11) is 0. The maximum Gasteiger partial charge on any atom is 0.249 e. The van der Waals surface area contributed by atoms with Crippen LogP contribution in [0.5, 0.6) is 0 Å². The molecule has 0 fully saturated rings. The van der Waals surface area contributed by atoms with Gasteiger partial charge in [0.05, 0.1) is 18.8 Å². The van der Waals surface area contributed by atoms with Crippen molar-refractivity contribution in [3.63, 3.8) is 0 Å². The molecule has 284 valence electrons. The van der Waals surface area contributed by atoms with Gasteiger partial charge in [0, 0.05) is 0 Å². The highest BCUT2D eigenvalue weighted by Gasteiger charge is 2.22. The summed E-state index contributed by atoms with van der Waals surface area (Å²) >= 11 is 0.